The van der Waals surface area contributed by atoms with Gasteiger partial charge in [-0.2, -0.15) is 5.10 Å². The van der Waals surface area contributed by atoms with Gasteiger partial charge >= 0.3 is 0 Å². The third-order valence-corrected chi connectivity index (χ3v) is 3.47. The summed E-state index contributed by atoms with van der Waals surface area (Å²) in [5.74, 6) is 0.449. The number of piperidine rings is 1. The van der Waals surface area contributed by atoms with Crippen molar-refractivity contribution >= 4 is 5.91 Å². The molecule has 6 heteroatoms. The fraction of sp³-hybridized carbons (Fsp3) is 0.727. The van der Waals surface area contributed by atoms with Crippen molar-refractivity contribution in [3.05, 3.63) is 12.7 Å². The largest absolute Gasteiger partial charge is 0.340 e. The van der Waals surface area contributed by atoms with Gasteiger partial charge in [0.15, 0.2) is 0 Å². The molecule has 1 fully saturated rings. The zero-order valence-corrected chi connectivity index (χ0v) is 10.3. The van der Waals surface area contributed by atoms with E-state index in [1.165, 1.54) is 6.33 Å². The van der Waals surface area contributed by atoms with Crippen LogP contribution in [0, 0.1) is 5.92 Å². The molecule has 0 spiro atoms. The van der Waals surface area contributed by atoms with Gasteiger partial charge in [-0.25, -0.2) is 9.67 Å². The van der Waals surface area contributed by atoms with Crippen LogP contribution < -0.4 is 5.73 Å². The van der Waals surface area contributed by atoms with Crippen molar-refractivity contribution in [2.45, 2.75) is 32.4 Å². The van der Waals surface area contributed by atoms with E-state index in [-0.39, 0.29) is 18.0 Å². The molecule has 0 saturated carbocycles. The Balaban J connectivity index is 2.01. The first kappa shape index (κ1) is 12.0. The zero-order chi connectivity index (χ0) is 12.4. The number of amides is 1. The van der Waals surface area contributed by atoms with E-state index in [1.807, 2.05) is 11.8 Å². The lowest BCUT2D eigenvalue weighted by Gasteiger charge is -2.36. The highest BCUT2D eigenvalue weighted by Gasteiger charge is 2.29. The lowest BCUT2D eigenvalue weighted by Crippen LogP contribution is -2.49. The van der Waals surface area contributed by atoms with Crippen LogP contribution in [0.5, 0.6) is 0 Å². The highest BCUT2D eigenvalue weighted by molar-refractivity contribution is 5.80. The van der Waals surface area contributed by atoms with Crippen LogP contribution in [0.1, 0.15) is 26.3 Å². The number of carbonyl (C=O) groups excluding carboxylic acids is 1. The summed E-state index contributed by atoms with van der Waals surface area (Å²) in [7, 11) is 0. The smallest absolute Gasteiger partial charge is 0.247 e. The fourth-order valence-corrected chi connectivity index (χ4v) is 2.16. The maximum Gasteiger partial charge on any atom is 0.247 e. The first-order valence-electron chi connectivity index (χ1n) is 5.98. The maximum absolute atomic E-state index is 12.2. The van der Waals surface area contributed by atoms with Crippen LogP contribution in [0.4, 0.5) is 0 Å². The standard InChI is InChI=1S/C11H19N5O/c1-8-5-15(4-3-10(8)12)11(17)9(2)16-7-13-6-14-16/h6-10H,3-5,12H2,1-2H3. The second-order valence-electron chi connectivity index (χ2n) is 4.77. The zero-order valence-electron chi connectivity index (χ0n) is 10.3. The summed E-state index contributed by atoms with van der Waals surface area (Å²) < 4.78 is 1.58. The molecule has 3 atom stereocenters. The van der Waals surface area contributed by atoms with Gasteiger partial charge in [-0.15, -0.1) is 0 Å². The number of hydrogen-bond donors (Lipinski definition) is 1. The molecule has 2 N–H and O–H groups in total. The first-order chi connectivity index (χ1) is 8.09. The quantitative estimate of drug-likeness (QED) is 0.787. The van der Waals surface area contributed by atoms with Crippen LogP contribution in [0.3, 0.4) is 0 Å². The van der Waals surface area contributed by atoms with Crippen molar-refractivity contribution in [1.29, 1.82) is 0 Å². The molecule has 1 aromatic heterocycles. The average molecular weight is 237 g/mol. The van der Waals surface area contributed by atoms with E-state index in [0.29, 0.717) is 5.92 Å². The molecule has 6 nitrogen and oxygen atoms in total. The molecular weight excluding hydrogens is 218 g/mol. The van der Waals surface area contributed by atoms with Gasteiger partial charge < -0.3 is 10.6 Å². The summed E-state index contributed by atoms with van der Waals surface area (Å²) in [5.41, 5.74) is 5.95. The Morgan fingerprint density at radius 2 is 2.35 bits per heavy atom. The van der Waals surface area contributed by atoms with E-state index in [0.717, 1.165) is 19.5 Å². The number of aromatic nitrogens is 3. The minimum Gasteiger partial charge on any atom is -0.340 e. The molecule has 1 amide bonds. The molecule has 17 heavy (non-hydrogen) atoms. The van der Waals surface area contributed by atoms with Crippen molar-refractivity contribution in [2.75, 3.05) is 13.1 Å². The van der Waals surface area contributed by atoms with Gasteiger partial charge in [0.1, 0.15) is 18.7 Å². The SMILES string of the molecule is CC1CN(C(=O)C(C)n2cncn2)CCC1N. The number of rotatable bonds is 2. The molecule has 1 saturated heterocycles. The van der Waals surface area contributed by atoms with Gasteiger partial charge in [0.05, 0.1) is 0 Å². The summed E-state index contributed by atoms with van der Waals surface area (Å²) in [4.78, 5) is 18.0. The number of nitrogens with zero attached hydrogens (tertiary/aromatic N) is 4. The van der Waals surface area contributed by atoms with Gasteiger partial charge in [0, 0.05) is 19.1 Å². The normalized spacial score (nSPS) is 26.9. The molecule has 0 aromatic carbocycles. The monoisotopic (exact) mass is 237 g/mol. The van der Waals surface area contributed by atoms with Gasteiger partial charge in [-0.1, -0.05) is 6.92 Å². The number of carbonyl (C=O) groups is 1. The molecule has 0 aliphatic carbocycles. The number of likely N-dealkylation sites (tertiary alicyclic amines) is 1. The van der Waals surface area contributed by atoms with E-state index in [9.17, 15) is 4.79 Å². The van der Waals surface area contributed by atoms with Crippen molar-refractivity contribution in [3.8, 4) is 0 Å². The lowest BCUT2D eigenvalue weighted by atomic mass is 9.94. The van der Waals surface area contributed by atoms with E-state index < -0.39 is 0 Å². The second kappa shape index (κ2) is 4.83. The second-order valence-corrected chi connectivity index (χ2v) is 4.77. The predicted molar refractivity (Wildman–Crippen MR) is 63.1 cm³/mol. The van der Waals surface area contributed by atoms with Crippen LogP contribution in [-0.4, -0.2) is 44.7 Å². The van der Waals surface area contributed by atoms with Gasteiger partial charge in [0.25, 0.3) is 0 Å². The van der Waals surface area contributed by atoms with Gasteiger partial charge in [-0.05, 0) is 19.3 Å². The first-order valence-corrected chi connectivity index (χ1v) is 5.98. The molecule has 0 radical (unpaired) electrons. The van der Waals surface area contributed by atoms with Gasteiger partial charge in [-0.3, -0.25) is 4.79 Å². The third kappa shape index (κ3) is 2.46. The molecule has 1 aromatic rings. The summed E-state index contributed by atoms with van der Waals surface area (Å²) in [6, 6.07) is -0.0836. The number of nitrogens with two attached hydrogens (primary N) is 1. The van der Waals surface area contributed by atoms with Crippen LogP contribution >= 0.6 is 0 Å². The Kier molecular flexibility index (Phi) is 3.42. The summed E-state index contributed by atoms with van der Waals surface area (Å²) in [6.45, 7) is 5.41. The molecule has 1 aliphatic rings. The predicted octanol–water partition coefficient (Wildman–Crippen LogP) is 0.0348. The Morgan fingerprint density at radius 1 is 1.59 bits per heavy atom. The van der Waals surface area contributed by atoms with E-state index in [4.69, 9.17) is 5.73 Å². The van der Waals surface area contributed by atoms with Crippen molar-refractivity contribution in [1.82, 2.24) is 19.7 Å². The molecular formula is C11H19N5O. The molecule has 2 heterocycles. The minimum absolute atomic E-state index is 0.0919. The lowest BCUT2D eigenvalue weighted by molar-refractivity contribution is -0.136. The maximum atomic E-state index is 12.2. The Bertz CT molecular complexity index is 377. The van der Waals surface area contributed by atoms with E-state index >= 15 is 0 Å². The highest BCUT2D eigenvalue weighted by Crippen LogP contribution is 2.18. The Labute approximate surface area is 101 Å². The van der Waals surface area contributed by atoms with Crippen LogP contribution in [0.25, 0.3) is 0 Å². The third-order valence-electron chi connectivity index (χ3n) is 3.47. The summed E-state index contributed by atoms with van der Waals surface area (Å²) >= 11 is 0. The van der Waals surface area contributed by atoms with Crippen LogP contribution in [0.2, 0.25) is 0 Å². The van der Waals surface area contributed by atoms with Gasteiger partial charge in [0.2, 0.25) is 5.91 Å². The summed E-state index contributed by atoms with van der Waals surface area (Å²) in [6.07, 6.45) is 3.89. The van der Waals surface area contributed by atoms with Crippen molar-refractivity contribution < 1.29 is 4.79 Å². The highest BCUT2D eigenvalue weighted by atomic mass is 16.2. The van der Waals surface area contributed by atoms with Crippen molar-refractivity contribution in [3.63, 3.8) is 0 Å². The molecule has 0 bridgehead atoms. The number of hydrogen-bond acceptors (Lipinski definition) is 4. The van der Waals surface area contributed by atoms with Crippen LogP contribution in [0.15, 0.2) is 12.7 Å². The Hall–Kier alpha value is -1.43. The molecule has 1 aliphatic heterocycles. The van der Waals surface area contributed by atoms with Crippen molar-refractivity contribution in [2.24, 2.45) is 11.7 Å². The van der Waals surface area contributed by atoms with Crippen LogP contribution in [-0.2, 0) is 4.79 Å². The average Bonchev–Trinajstić information content (AvgIpc) is 2.84. The van der Waals surface area contributed by atoms with E-state index in [2.05, 4.69) is 17.0 Å². The molecule has 2 rings (SSSR count). The molecule has 3 unspecified atom stereocenters. The van der Waals surface area contributed by atoms with E-state index in [1.54, 1.807) is 11.0 Å². The minimum atomic E-state index is -0.293. The topological polar surface area (TPSA) is 77.0 Å². The fourth-order valence-electron chi connectivity index (χ4n) is 2.16. The summed E-state index contributed by atoms with van der Waals surface area (Å²) in [5, 5.41) is 4.00. The Morgan fingerprint density at radius 3 is 2.94 bits per heavy atom. The molecule has 94 valence electrons.